The van der Waals surface area contributed by atoms with Gasteiger partial charge in [0.1, 0.15) is 0 Å². The lowest BCUT2D eigenvalue weighted by Gasteiger charge is -2.38. The fourth-order valence-electron chi connectivity index (χ4n) is 2.81. The van der Waals surface area contributed by atoms with Gasteiger partial charge in [0.05, 0.1) is 6.61 Å². The van der Waals surface area contributed by atoms with Crippen LogP contribution >= 0.6 is 0 Å². The van der Waals surface area contributed by atoms with Crippen LogP contribution in [0.4, 0.5) is 5.69 Å². The van der Waals surface area contributed by atoms with Crippen LogP contribution < -0.4 is 4.90 Å². The van der Waals surface area contributed by atoms with Crippen LogP contribution in [0.15, 0.2) is 24.3 Å². The van der Waals surface area contributed by atoms with Crippen molar-refractivity contribution in [1.82, 2.24) is 4.90 Å². The van der Waals surface area contributed by atoms with Gasteiger partial charge in [-0.05, 0) is 25.5 Å². The molecule has 1 aromatic rings. The standard InChI is InChI=1S/C15H24N2O/c1-3-17-10-8-14(9-11-17)16(2)15-7-5-4-6-13(15)12-18/h4-7,14,18H,3,8-12H2,1-2H3. The Labute approximate surface area is 110 Å². The number of rotatable bonds is 4. The molecule has 0 atom stereocenters. The van der Waals surface area contributed by atoms with E-state index in [0.29, 0.717) is 6.04 Å². The van der Waals surface area contributed by atoms with Crippen molar-refractivity contribution in [3.8, 4) is 0 Å². The zero-order valence-corrected chi connectivity index (χ0v) is 11.5. The Morgan fingerprint density at radius 2 is 1.94 bits per heavy atom. The molecule has 1 N–H and O–H groups in total. The van der Waals surface area contributed by atoms with Crippen LogP contribution in [0.3, 0.4) is 0 Å². The molecule has 0 aliphatic carbocycles. The monoisotopic (exact) mass is 248 g/mol. The lowest BCUT2D eigenvalue weighted by Crippen LogP contribution is -2.43. The summed E-state index contributed by atoms with van der Waals surface area (Å²) < 4.78 is 0. The number of anilines is 1. The summed E-state index contributed by atoms with van der Waals surface area (Å²) in [6, 6.07) is 8.75. The summed E-state index contributed by atoms with van der Waals surface area (Å²) >= 11 is 0. The van der Waals surface area contributed by atoms with Crippen molar-refractivity contribution in [2.75, 3.05) is 31.6 Å². The number of aliphatic hydroxyl groups excluding tert-OH is 1. The largest absolute Gasteiger partial charge is 0.392 e. The van der Waals surface area contributed by atoms with E-state index in [1.54, 1.807) is 0 Å². The third-order valence-electron chi connectivity index (χ3n) is 4.09. The van der Waals surface area contributed by atoms with Crippen molar-refractivity contribution < 1.29 is 5.11 Å². The number of para-hydroxylation sites is 1. The number of benzene rings is 1. The molecule has 0 saturated carbocycles. The van der Waals surface area contributed by atoms with Crippen molar-refractivity contribution >= 4 is 5.69 Å². The predicted octanol–water partition coefficient (Wildman–Crippen LogP) is 2.10. The van der Waals surface area contributed by atoms with Gasteiger partial charge >= 0.3 is 0 Å². The Balaban J connectivity index is 2.05. The van der Waals surface area contributed by atoms with Gasteiger partial charge in [-0.15, -0.1) is 0 Å². The quantitative estimate of drug-likeness (QED) is 0.884. The molecule has 1 saturated heterocycles. The molecule has 1 heterocycles. The second kappa shape index (κ2) is 6.21. The number of hydrogen-bond donors (Lipinski definition) is 1. The molecule has 0 unspecified atom stereocenters. The minimum Gasteiger partial charge on any atom is -0.392 e. The molecule has 1 aromatic carbocycles. The minimum atomic E-state index is 0.119. The van der Waals surface area contributed by atoms with Gasteiger partial charge in [0.2, 0.25) is 0 Å². The average Bonchev–Trinajstić information content (AvgIpc) is 2.46. The Morgan fingerprint density at radius 1 is 1.28 bits per heavy atom. The molecule has 2 rings (SSSR count). The first-order chi connectivity index (χ1) is 8.76. The van der Waals surface area contributed by atoms with Crippen molar-refractivity contribution in [1.29, 1.82) is 0 Å². The topological polar surface area (TPSA) is 26.7 Å². The lowest BCUT2D eigenvalue weighted by atomic mass is 10.0. The smallest absolute Gasteiger partial charge is 0.0702 e. The molecule has 3 nitrogen and oxygen atoms in total. The van der Waals surface area contributed by atoms with Crippen molar-refractivity contribution in [3.05, 3.63) is 29.8 Å². The molecule has 1 aliphatic heterocycles. The Hall–Kier alpha value is -1.06. The third-order valence-corrected chi connectivity index (χ3v) is 4.09. The summed E-state index contributed by atoms with van der Waals surface area (Å²) in [6.45, 7) is 5.88. The molecule has 18 heavy (non-hydrogen) atoms. The molecule has 0 aromatic heterocycles. The number of likely N-dealkylation sites (tertiary alicyclic amines) is 1. The van der Waals surface area contributed by atoms with E-state index in [2.05, 4.69) is 29.8 Å². The summed E-state index contributed by atoms with van der Waals surface area (Å²) in [6.07, 6.45) is 2.42. The lowest BCUT2D eigenvalue weighted by molar-refractivity contribution is 0.220. The number of piperidine rings is 1. The second-order valence-electron chi connectivity index (χ2n) is 5.06. The third kappa shape index (κ3) is 2.85. The summed E-state index contributed by atoms with van der Waals surface area (Å²) in [5.74, 6) is 0. The van der Waals surface area contributed by atoms with Crippen molar-refractivity contribution in [2.45, 2.75) is 32.4 Å². The summed E-state index contributed by atoms with van der Waals surface area (Å²) in [7, 11) is 2.15. The van der Waals surface area contributed by atoms with Crippen LogP contribution in [0.2, 0.25) is 0 Å². The molecular formula is C15H24N2O. The van der Waals surface area contributed by atoms with E-state index in [-0.39, 0.29) is 6.61 Å². The Morgan fingerprint density at radius 3 is 2.56 bits per heavy atom. The van der Waals surface area contributed by atoms with Crippen molar-refractivity contribution in [3.63, 3.8) is 0 Å². The highest BCUT2D eigenvalue weighted by Crippen LogP contribution is 2.25. The highest BCUT2D eigenvalue weighted by atomic mass is 16.3. The maximum atomic E-state index is 9.41. The average molecular weight is 248 g/mol. The van der Waals surface area contributed by atoms with Crippen LogP contribution in [0.25, 0.3) is 0 Å². The number of aliphatic hydroxyl groups is 1. The van der Waals surface area contributed by atoms with Crippen LogP contribution in [0.5, 0.6) is 0 Å². The Bertz CT molecular complexity index is 373. The first kappa shape index (κ1) is 13.4. The van der Waals surface area contributed by atoms with Crippen LogP contribution in [0.1, 0.15) is 25.3 Å². The van der Waals surface area contributed by atoms with E-state index in [0.717, 1.165) is 12.1 Å². The van der Waals surface area contributed by atoms with Gasteiger partial charge in [-0.3, -0.25) is 0 Å². The van der Waals surface area contributed by atoms with Crippen molar-refractivity contribution in [2.24, 2.45) is 0 Å². The fourth-order valence-corrected chi connectivity index (χ4v) is 2.81. The fraction of sp³-hybridized carbons (Fsp3) is 0.600. The van der Waals surface area contributed by atoms with Gasteiger partial charge in [0, 0.05) is 37.4 Å². The van der Waals surface area contributed by atoms with Gasteiger partial charge in [0.15, 0.2) is 0 Å². The van der Waals surface area contributed by atoms with E-state index in [9.17, 15) is 5.11 Å². The summed E-state index contributed by atoms with van der Waals surface area (Å²) in [5, 5.41) is 9.41. The van der Waals surface area contributed by atoms with E-state index in [1.807, 2.05) is 18.2 Å². The molecule has 3 heteroatoms. The summed E-state index contributed by atoms with van der Waals surface area (Å²) in [4.78, 5) is 4.85. The molecule has 0 radical (unpaired) electrons. The molecular weight excluding hydrogens is 224 g/mol. The predicted molar refractivity (Wildman–Crippen MR) is 75.9 cm³/mol. The van der Waals surface area contributed by atoms with Gasteiger partial charge in [-0.1, -0.05) is 25.1 Å². The molecule has 1 fully saturated rings. The molecule has 0 bridgehead atoms. The first-order valence-electron chi connectivity index (χ1n) is 6.90. The van der Waals surface area contributed by atoms with Gasteiger partial charge in [-0.2, -0.15) is 0 Å². The zero-order valence-electron chi connectivity index (χ0n) is 11.5. The highest BCUT2D eigenvalue weighted by Gasteiger charge is 2.22. The van der Waals surface area contributed by atoms with Crippen LogP contribution in [0, 0.1) is 0 Å². The van der Waals surface area contributed by atoms with E-state index in [4.69, 9.17) is 0 Å². The first-order valence-corrected chi connectivity index (χ1v) is 6.90. The van der Waals surface area contributed by atoms with Gasteiger partial charge < -0.3 is 14.9 Å². The van der Waals surface area contributed by atoms with E-state index >= 15 is 0 Å². The number of nitrogens with zero attached hydrogens (tertiary/aromatic N) is 2. The van der Waals surface area contributed by atoms with Crippen LogP contribution in [-0.4, -0.2) is 42.7 Å². The summed E-state index contributed by atoms with van der Waals surface area (Å²) in [5.41, 5.74) is 2.20. The van der Waals surface area contributed by atoms with E-state index < -0.39 is 0 Å². The van der Waals surface area contributed by atoms with Gasteiger partial charge in [-0.25, -0.2) is 0 Å². The maximum absolute atomic E-state index is 9.41. The Kier molecular flexibility index (Phi) is 4.61. The minimum absolute atomic E-state index is 0.119. The van der Waals surface area contributed by atoms with Gasteiger partial charge in [0.25, 0.3) is 0 Å². The second-order valence-corrected chi connectivity index (χ2v) is 5.06. The normalized spacial score (nSPS) is 17.9. The maximum Gasteiger partial charge on any atom is 0.0702 e. The molecule has 0 amide bonds. The highest BCUT2D eigenvalue weighted by molar-refractivity contribution is 5.53. The number of hydrogen-bond acceptors (Lipinski definition) is 3. The SMILES string of the molecule is CCN1CCC(N(C)c2ccccc2CO)CC1. The molecule has 1 aliphatic rings. The zero-order chi connectivity index (χ0) is 13.0. The molecule has 100 valence electrons. The van der Waals surface area contributed by atoms with E-state index in [1.165, 1.54) is 31.6 Å². The van der Waals surface area contributed by atoms with Crippen LogP contribution in [-0.2, 0) is 6.61 Å². The molecule has 0 spiro atoms.